The van der Waals surface area contributed by atoms with Crippen molar-refractivity contribution in [1.82, 2.24) is 29.9 Å². The lowest BCUT2D eigenvalue weighted by Crippen LogP contribution is -2.10. The van der Waals surface area contributed by atoms with Crippen LogP contribution < -0.4 is 4.72 Å². The summed E-state index contributed by atoms with van der Waals surface area (Å²) < 4.78 is 26.0. The van der Waals surface area contributed by atoms with E-state index in [0.29, 0.717) is 41.2 Å². The molecular formula is C71H60Cl3N7O4S. The number of benzene rings is 9. The number of aliphatic hydroxyl groups is 1. The normalized spacial score (nSPS) is 18.8. The van der Waals surface area contributed by atoms with E-state index in [9.17, 15) is 18.3 Å². The van der Waals surface area contributed by atoms with E-state index in [0.717, 1.165) is 136 Å². The summed E-state index contributed by atoms with van der Waals surface area (Å²) in [5.74, 6) is 5.68. The number of halogens is 3. The zero-order valence-electron chi connectivity index (χ0n) is 47.3. The number of aliphatic hydroxyl groups excluding tert-OH is 1. The van der Waals surface area contributed by atoms with Crippen LogP contribution in [0, 0.1) is 0 Å². The van der Waals surface area contributed by atoms with E-state index in [1.807, 2.05) is 140 Å². The van der Waals surface area contributed by atoms with E-state index in [2.05, 4.69) is 74.3 Å². The second kappa shape index (κ2) is 23.5. The molecule has 86 heavy (non-hydrogen) atoms. The highest BCUT2D eigenvalue weighted by atomic mass is 35.5. The van der Waals surface area contributed by atoms with Gasteiger partial charge in [0, 0.05) is 43.9 Å². The molecule has 3 aliphatic carbocycles. The van der Waals surface area contributed by atoms with E-state index in [4.69, 9.17) is 49.8 Å². The number of carbonyl (C=O) groups is 1. The highest BCUT2D eigenvalue weighted by Crippen LogP contribution is 2.56. The van der Waals surface area contributed by atoms with Gasteiger partial charge in [0.2, 0.25) is 10.0 Å². The minimum atomic E-state index is -3.36. The minimum absolute atomic E-state index is 0.0725. The maximum atomic E-state index is 12.0. The first-order chi connectivity index (χ1) is 41.6. The van der Waals surface area contributed by atoms with Crippen LogP contribution in [0.2, 0.25) is 15.1 Å². The molecule has 430 valence electrons. The van der Waals surface area contributed by atoms with Crippen LogP contribution in [-0.2, 0) is 10.0 Å². The highest BCUT2D eigenvalue weighted by molar-refractivity contribution is 7.92. The van der Waals surface area contributed by atoms with E-state index in [1.165, 1.54) is 16.7 Å². The number of Topliss-reactive ketones (excluding diaryl/α,β-unsaturated/α-hetero) is 1. The number of fused-ring (bicyclic) bond motifs is 3. The van der Waals surface area contributed by atoms with Gasteiger partial charge >= 0.3 is 0 Å². The number of H-pyrrole nitrogens is 3. The van der Waals surface area contributed by atoms with Gasteiger partial charge in [0.25, 0.3) is 0 Å². The minimum Gasteiger partial charge on any atom is -0.389 e. The fraction of sp³-hybridized carbons (Fsp3) is 0.183. The van der Waals surface area contributed by atoms with Gasteiger partial charge in [-0.15, -0.1) is 0 Å². The lowest BCUT2D eigenvalue weighted by molar-refractivity contribution is 0.101. The summed E-state index contributed by atoms with van der Waals surface area (Å²) in [6, 6.07) is 65.7. The maximum Gasteiger partial charge on any atom is 0.229 e. The summed E-state index contributed by atoms with van der Waals surface area (Å²) in [7, 11) is -3.36. The van der Waals surface area contributed by atoms with Gasteiger partial charge in [0.15, 0.2) is 5.78 Å². The number of aromatic nitrogens is 6. The Kier molecular flexibility index (Phi) is 15.5. The summed E-state index contributed by atoms with van der Waals surface area (Å²) in [5, 5.41) is 12.4. The Bertz CT molecular complexity index is 4670. The van der Waals surface area contributed by atoms with Crippen molar-refractivity contribution in [1.29, 1.82) is 0 Å². The molecule has 15 heteroatoms. The number of para-hydroxylation sites is 1. The third-order valence-electron chi connectivity index (χ3n) is 16.6. The third kappa shape index (κ3) is 12.4. The largest absolute Gasteiger partial charge is 0.389 e. The van der Waals surface area contributed by atoms with Crippen molar-refractivity contribution in [3.05, 3.63) is 261 Å². The summed E-state index contributed by atoms with van der Waals surface area (Å²) in [5.41, 5.74) is 17.7. The Hall–Kier alpha value is -8.36. The fourth-order valence-corrected chi connectivity index (χ4v) is 13.3. The summed E-state index contributed by atoms with van der Waals surface area (Å²) in [6.45, 7) is 3.41. The zero-order chi connectivity index (χ0) is 59.4. The number of nitrogens with zero attached hydrogens (tertiary/aromatic N) is 3. The van der Waals surface area contributed by atoms with Crippen LogP contribution in [0.15, 0.2) is 200 Å². The molecule has 9 aromatic carbocycles. The van der Waals surface area contributed by atoms with Crippen LogP contribution >= 0.6 is 34.8 Å². The van der Waals surface area contributed by atoms with Crippen LogP contribution in [-0.4, -0.2) is 55.5 Å². The molecule has 5 N–H and O–H groups in total. The molecule has 3 aliphatic rings. The molecule has 3 heterocycles. The Morgan fingerprint density at radius 1 is 0.488 bits per heavy atom. The molecule has 3 fully saturated rings. The number of sulfonamides is 1. The Morgan fingerprint density at radius 3 is 1.29 bits per heavy atom. The summed E-state index contributed by atoms with van der Waals surface area (Å²) >= 11 is 18.4. The van der Waals surface area contributed by atoms with E-state index < -0.39 is 16.1 Å². The standard InChI is InChI=1S/C24H21ClN2O.C24H19ClN2O.C23H20ClN3O2S/c2*1-14(28)18-7-2-3-8-19(18)16-9-10-22-23(12-16)27-24(26-22)21-13-20(21)15-5-4-6-17(25)11-15;1-30(28,29)27-20-8-3-2-7-17(20)15-9-10-21-22(12-15)26-23(25-21)19-13-18(19)14-5-4-6-16(24)11-14/h2-12,14,20-21,28H,13H2,1H3,(H,26,27);2-12,20-21H,13H2,1H3,(H,26,27);2-12,18-19,27H,13H2,1H3,(H,25,26). The van der Waals surface area contributed by atoms with Gasteiger partial charge in [-0.3, -0.25) is 9.52 Å². The number of anilines is 1. The number of hydrogen-bond donors (Lipinski definition) is 5. The summed E-state index contributed by atoms with van der Waals surface area (Å²) in [4.78, 5) is 36.9. The molecule has 0 saturated heterocycles. The van der Waals surface area contributed by atoms with Gasteiger partial charge in [-0.1, -0.05) is 156 Å². The lowest BCUT2D eigenvalue weighted by Gasteiger charge is -2.11. The quantitative estimate of drug-likeness (QED) is 0.0716. The van der Waals surface area contributed by atoms with Gasteiger partial charge < -0.3 is 20.1 Å². The number of aromatic amines is 3. The molecule has 11 nitrogen and oxygen atoms in total. The van der Waals surface area contributed by atoms with Crippen molar-refractivity contribution >= 4 is 89.4 Å². The predicted octanol–water partition coefficient (Wildman–Crippen LogP) is 18.1. The average Bonchev–Trinajstić information content (AvgIpc) is 1.93. The third-order valence-corrected chi connectivity index (χ3v) is 17.9. The van der Waals surface area contributed by atoms with Gasteiger partial charge in [0.05, 0.1) is 51.1 Å². The predicted molar refractivity (Wildman–Crippen MR) is 348 cm³/mol. The smallest absolute Gasteiger partial charge is 0.229 e. The second-order valence-corrected chi connectivity index (χ2v) is 25.9. The molecule has 7 atom stereocenters. The number of imidazole rings is 3. The first kappa shape index (κ1) is 56.8. The molecule has 3 saturated carbocycles. The Labute approximate surface area is 513 Å². The van der Waals surface area contributed by atoms with Crippen molar-refractivity contribution in [3.63, 3.8) is 0 Å². The molecule has 12 aromatic rings. The van der Waals surface area contributed by atoms with E-state index in [-0.39, 0.29) is 5.78 Å². The van der Waals surface area contributed by atoms with Crippen LogP contribution in [0.1, 0.15) is 125 Å². The molecular weight excluding hydrogens is 1150 g/mol. The van der Waals surface area contributed by atoms with Crippen molar-refractivity contribution in [2.75, 3.05) is 11.0 Å². The molecule has 15 rings (SSSR count). The van der Waals surface area contributed by atoms with E-state index in [1.54, 1.807) is 19.9 Å². The Balaban J connectivity index is 0.000000120. The average molecular weight is 1210 g/mol. The maximum absolute atomic E-state index is 12.0. The van der Waals surface area contributed by atoms with Crippen LogP contribution in [0.25, 0.3) is 66.5 Å². The van der Waals surface area contributed by atoms with Gasteiger partial charge in [-0.25, -0.2) is 23.4 Å². The van der Waals surface area contributed by atoms with Crippen molar-refractivity contribution in [3.8, 4) is 33.4 Å². The van der Waals surface area contributed by atoms with Crippen molar-refractivity contribution < 1.29 is 18.3 Å². The molecule has 0 spiro atoms. The topological polar surface area (TPSA) is 170 Å². The first-order valence-electron chi connectivity index (χ1n) is 28.8. The van der Waals surface area contributed by atoms with Crippen LogP contribution in [0.5, 0.6) is 0 Å². The Morgan fingerprint density at radius 2 is 0.872 bits per heavy atom. The van der Waals surface area contributed by atoms with Crippen LogP contribution in [0.3, 0.4) is 0 Å². The van der Waals surface area contributed by atoms with Crippen LogP contribution in [0.4, 0.5) is 5.69 Å². The number of ketones is 1. The highest BCUT2D eigenvalue weighted by Gasteiger charge is 2.44. The molecule has 7 unspecified atom stereocenters. The van der Waals surface area contributed by atoms with Gasteiger partial charge in [0.1, 0.15) is 17.5 Å². The molecule has 0 aliphatic heterocycles. The second-order valence-electron chi connectivity index (χ2n) is 22.9. The van der Waals surface area contributed by atoms with Gasteiger partial charge in [-0.05, 0) is 180 Å². The van der Waals surface area contributed by atoms with Crippen molar-refractivity contribution in [2.24, 2.45) is 0 Å². The number of carbonyl (C=O) groups excluding carboxylic acids is 1. The molecule has 0 radical (unpaired) electrons. The van der Waals surface area contributed by atoms with Crippen molar-refractivity contribution in [2.45, 2.75) is 74.7 Å². The van der Waals surface area contributed by atoms with Gasteiger partial charge in [-0.2, -0.15) is 0 Å². The molecule has 3 aromatic heterocycles. The fourth-order valence-electron chi connectivity index (χ4n) is 12.1. The molecule has 0 bridgehead atoms. The number of rotatable bonds is 13. The summed E-state index contributed by atoms with van der Waals surface area (Å²) in [6.07, 6.45) is 3.88. The van der Waals surface area contributed by atoms with E-state index >= 15 is 0 Å². The SMILES string of the molecule is CC(=O)c1ccccc1-c1ccc2nc(C3CC3c3cccc(Cl)c3)[nH]c2c1.CC(O)c1ccccc1-c1ccc2nc(C3CC3c3cccc(Cl)c3)[nH]c2c1.CS(=O)(=O)Nc1ccccc1-c1ccc2nc(C3CC3c3cccc(Cl)c3)[nH]c2c1. The number of hydrogen-bond acceptors (Lipinski definition) is 7. The first-order valence-corrected chi connectivity index (χ1v) is 31.8. The molecule has 0 amide bonds. The number of nitrogens with one attached hydrogen (secondary N) is 4. The monoisotopic (exact) mass is 1210 g/mol. The zero-order valence-corrected chi connectivity index (χ0v) is 50.4. The lowest BCUT2D eigenvalue weighted by atomic mass is 9.96.